The number of fused-ring (bicyclic) bond motifs is 1. The van der Waals surface area contributed by atoms with Crippen LogP contribution in [0.3, 0.4) is 0 Å². The highest BCUT2D eigenvalue weighted by Crippen LogP contribution is 2.09. The van der Waals surface area contributed by atoms with E-state index in [4.69, 9.17) is 5.84 Å². The van der Waals surface area contributed by atoms with Gasteiger partial charge >= 0.3 is 0 Å². The fourth-order valence-electron chi connectivity index (χ4n) is 1.46. The number of hydrogen-bond acceptors (Lipinski definition) is 1. The van der Waals surface area contributed by atoms with Gasteiger partial charge in [-0.25, -0.2) is 4.57 Å². The van der Waals surface area contributed by atoms with E-state index in [-0.39, 0.29) is 29.5 Å². The molecule has 4 N–H and O–H groups in total. The average Bonchev–Trinajstić information content (AvgIpc) is 2.33. The van der Waals surface area contributed by atoms with Gasteiger partial charge in [-0.15, -0.1) is 4.68 Å². The second-order valence-corrected chi connectivity index (χ2v) is 2.96. The van der Waals surface area contributed by atoms with E-state index >= 15 is 0 Å². The van der Waals surface area contributed by atoms with Crippen molar-refractivity contribution in [3.63, 3.8) is 0 Å². The highest BCUT2D eigenvalue weighted by molar-refractivity contribution is 5.72. The Morgan fingerprint density at radius 1 is 1.29 bits per heavy atom. The summed E-state index contributed by atoms with van der Waals surface area (Å²) in [6.07, 6.45) is 0. The van der Waals surface area contributed by atoms with Gasteiger partial charge in [-0.2, -0.15) is 0 Å². The first-order valence-corrected chi connectivity index (χ1v) is 3.93. The maximum absolute atomic E-state index is 5.83. The fraction of sp³-hybridized carbons (Fsp3) is 0.222. The number of aromatic nitrogens is 2. The Labute approximate surface area is 99.6 Å². The smallest absolute Gasteiger partial charge is 0.277 e. The molecule has 0 aliphatic carbocycles. The first kappa shape index (κ1) is 13.2. The molecular formula is C9H14IN3O. The molecule has 4 nitrogen and oxygen atoms in total. The molecule has 0 unspecified atom stereocenters. The lowest BCUT2D eigenvalue weighted by Crippen LogP contribution is -3.00. The van der Waals surface area contributed by atoms with Gasteiger partial charge in [0, 0.05) is 6.92 Å². The van der Waals surface area contributed by atoms with E-state index in [0.717, 1.165) is 16.9 Å². The number of para-hydroxylation sites is 2. The van der Waals surface area contributed by atoms with Crippen molar-refractivity contribution in [1.82, 2.24) is 4.68 Å². The van der Waals surface area contributed by atoms with Crippen LogP contribution in [0.2, 0.25) is 0 Å². The molecule has 78 valence electrons. The molecule has 0 fully saturated rings. The summed E-state index contributed by atoms with van der Waals surface area (Å²) < 4.78 is 3.78. The largest absolute Gasteiger partial charge is 1.00 e. The molecule has 14 heavy (non-hydrogen) atoms. The lowest BCUT2D eigenvalue weighted by molar-refractivity contribution is -0.652. The summed E-state index contributed by atoms with van der Waals surface area (Å²) in [5.41, 5.74) is 2.23. The third-order valence-electron chi connectivity index (χ3n) is 2.34. The second kappa shape index (κ2) is 4.61. The zero-order chi connectivity index (χ0) is 8.72. The number of nitrogen functional groups attached to an aromatic ring is 1. The Morgan fingerprint density at radius 3 is 2.43 bits per heavy atom. The van der Waals surface area contributed by atoms with Gasteiger partial charge in [-0.3, -0.25) is 5.84 Å². The van der Waals surface area contributed by atoms with Gasteiger partial charge in [0.25, 0.3) is 5.82 Å². The average molecular weight is 307 g/mol. The quantitative estimate of drug-likeness (QED) is 0.309. The van der Waals surface area contributed by atoms with Crippen molar-refractivity contribution in [2.75, 3.05) is 5.84 Å². The van der Waals surface area contributed by atoms with Gasteiger partial charge in [0.05, 0.1) is 7.05 Å². The molecule has 0 amide bonds. The molecule has 1 aromatic carbocycles. The molecule has 0 saturated heterocycles. The van der Waals surface area contributed by atoms with Crippen molar-refractivity contribution in [3.05, 3.63) is 30.1 Å². The first-order valence-electron chi connectivity index (χ1n) is 3.93. The Bertz CT molecular complexity index is 400. The number of rotatable bonds is 0. The molecule has 1 aromatic heterocycles. The number of nitrogens with zero attached hydrogens (tertiary/aromatic N) is 2. The summed E-state index contributed by atoms with van der Waals surface area (Å²) in [6, 6.07) is 8.08. The van der Waals surface area contributed by atoms with E-state index in [9.17, 15) is 0 Å². The first-order chi connectivity index (χ1) is 5.72. The number of nitrogens with two attached hydrogens (primary N) is 1. The summed E-state index contributed by atoms with van der Waals surface area (Å²) >= 11 is 0. The highest BCUT2D eigenvalue weighted by atomic mass is 127. The summed E-state index contributed by atoms with van der Waals surface area (Å²) in [6.45, 7) is 2.00. The van der Waals surface area contributed by atoms with Crippen LogP contribution in [0.5, 0.6) is 0 Å². The van der Waals surface area contributed by atoms with Crippen LogP contribution in [-0.2, 0) is 7.05 Å². The highest BCUT2D eigenvalue weighted by Gasteiger charge is 2.15. The third kappa shape index (κ3) is 1.69. The maximum Gasteiger partial charge on any atom is 0.277 e. The molecule has 1 heterocycles. The predicted molar refractivity (Wildman–Crippen MR) is 51.6 cm³/mol. The topological polar surface area (TPSA) is 66.3 Å². The van der Waals surface area contributed by atoms with Crippen molar-refractivity contribution in [2.45, 2.75) is 6.92 Å². The summed E-state index contributed by atoms with van der Waals surface area (Å²) in [4.78, 5) is 0. The van der Waals surface area contributed by atoms with Crippen LogP contribution in [0.25, 0.3) is 11.0 Å². The molecule has 0 aliphatic rings. The van der Waals surface area contributed by atoms with Crippen LogP contribution in [-0.4, -0.2) is 10.2 Å². The molecule has 0 bridgehead atoms. The van der Waals surface area contributed by atoms with Gasteiger partial charge in [-0.05, 0) is 12.1 Å². The van der Waals surface area contributed by atoms with Gasteiger partial charge in [0.15, 0.2) is 11.0 Å². The summed E-state index contributed by atoms with van der Waals surface area (Å²) in [7, 11) is 2.01. The minimum Gasteiger partial charge on any atom is -1.00 e. The molecule has 2 rings (SSSR count). The summed E-state index contributed by atoms with van der Waals surface area (Å²) in [5, 5.41) is 0. The van der Waals surface area contributed by atoms with E-state index in [2.05, 4.69) is 10.6 Å². The van der Waals surface area contributed by atoms with Gasteiger partial charge in [-0.1, -0.05) is 12.1 Å². The standard InChI is InChI=1S/C9H12N3.HI.H2O/c1-7-11(2)8-5-3-4-6-9(8)12(7)10;;/h3-6H,10H2,1-2H3;1H;1H2/q+1;;/p-1. The monoisotopic (exact) mass is 307 g/mol. The zero-order valence-electron chi connectivity index (χ0n) is 8.16. The fourth-order valence-corrected chi connectivity index (χ4v) is 1.46. The summed E-state index contributed by atoms with van der Waals surface area (Å²) in [5.74, 6) is 6.89. The lowest BCUT2D eigenvalue weighted by Gasteiger charge is -1.85. The molecule has 0 aliphatic heterocycles. The van der Waals surface area contributed by atoms with E-state index in [0.29, 0.717) is 0 Å². The Hall–Kier alpha value is -0.820. The lowest BCUT2D eigenvalue weighted by atomic mass is 10.3. The van der Waals surface area contributed by atoms with Crippen molar-refractivity contribution in [3.8, 4) is 0 Å². The molecule has 5 heteroatoms. The second-order valence-electron chi connectivity index (χ2n) is 2.96. The molecule has 0 saturated carbocycles. The van der Waals surface area contributed by atoms with Crippen LogP contribution < -0.4 is 34.4 Å². The van der Waals surface area contributed by atoms with Gasteiger partial charge in [0.1, 0.15) is 0 Å². The molecule has 0 radical (unpaired) electrons. The Balaban J connectivity index is 0.000000845. The molecular weight excluding hydrogens is 293 g/mol. The number of aryl methyl sites for hydroxylation is 1. The van der Waals surface area contributed by atoms with Crippen molar-refractivity contribution >= 4 is 11.0 Å². The van der Waals surface area contributed by atoms with E-state index in [1.165, 1.54) is 0 Å². The van der Waals surface area contributed by atoms with Crippen molar-refractivity contribution in [1.29, 1.82) is 0 Å². The van der Waals surface area contributed by atoms with Crippen LogP contribution >= 0.6 is 0 Å². The SMILES string of the molecule is Cc1n(N)c2ccccc2[n+]1C.O.[I-]. The van der Waals surface area contributed by atoms with Crippen LogP contribution in [0.1, 0.15) is 5.82 Å². The minimum absolute atomic E-state index is 0. The zero-order valence-corrected chi connectivity index (χ0v) is 10.3. The maximum atomic E-state index is 5.83. The normalized spacial score (nSPS) is 9.29. The van der Waals surface area contributed by atoms with Crippen LogP contribution in [0.4, 0.5) is 0 Å². The number of halogens is 1. The van der Waals surface area contributed by atoms with Crippen LogP contribution in [0, 0.1) is 6.92 Å². The van der Waals surface area contributed by atoms with E-state index in [1.54, 1.807) is 4.68 Å². The minimum atomic E-state index is 0. The van der Waals surface area contributed by atoms with Crippen molar-refractivity contribution in [2.24, 2.45) is 7.05 Å². The predicted octanol–water partition coefficient (Wildman–Crippen LogP) is -3.33. The molecule has 0 spiro atoms. The Kier molecular flexibility index (Phi) is 4.34. The number of imidazole rings is 1. The number of benzene rings is 1. The number of hydrogen-bond donors (Lipinski definition) is 1. The van der Waals surface area contributed by atoms with E-state index < -0.39 is 0 Å². The van der Waals surface area contributed by atoms with Crippen LogP contribution in [0.15, 0.2) is 24.3 Å². The third-order valence-corrected chi connectivity index (χ3v) is 2.34. The van der Waals surface area contributed by atoms with E-state index in [1.807, 2.05) is 32.2 Å². The molecule has 2 aromatic rings. The Morgan fingerprint density at radius 2 is 1.86 bits per heavy atom. The van der Waals surface area contributed by atoms with Gasteiger partial charge < -0.3 is 29.5 Å². The molecule has 0 atom stereocenters. The van der Waals surface area contributed by atoms with Gasteiger partial charge in [0.2, 0.25) is 0 Å². The van der Waals surface area contributed by atoms with Crippen molar-refractivity contribution < 1.29 is 34.0 Å².